The molecule has 2 aromatic carbocycles. The molecule has 2 fully saturated rings. The number of morpholine rings is 1. The second-order valence-electron chi connectivity index (χ2n) is 9.89. The van der Waals surface area contributed by atoms with Gasteiger partial charge in [-0.3, -0.25) is 24.6 Å². The zero-order valence-corrected chi connectivity index (χ0v) is 21.2. The van der Waals surface area contributed by atoms with Crippen LogP contribution in [0.2, 0.25) is 0 Å². The lowest BCUT2D eigenvalue weighted by atomic mass is 9.86. The molecule has 3 amide bonds. The van der Waals surface area contributed by atoms with Crippen molar-refractivity contribution in [1.82, 2.24) is 15.1 Å². The van der Waals surface area contributed by atoms with Crippen molar-refractivity contribution in [2.75, 3.05) is 31.6 Å². The molecule has 2 saturated heterocycles. The molecule has 3 heterocycles. The van der Waals surface area contributed by atoms with E-state index in [9.17, 15) is 50.1 Å². The van der Waals surface area contributed by atoms with Crippen LogP contribution in [0.3, 0.4) is 0 Å². The molecule has 1 atom stereocenters. The Morgan fingerprint density at radius 1 is 0.976 bits per heavy atom. The minimum atomic E-state index is -4.24. The van der Waals surface area contributed by atoms with Gasteiger partial charge in [-0.1, -0.05) is 18.2 Å². The number of aliphatic hydroxyl groups is 7. The first kappa shape index (κ1) is 28.9. The monoisotopic (exact) mass is 578 g/mol. The quantitative estimate of drug-likeness (QED) is 0.120. The molecule has 0 saturated carbocycles. The van der Waals surface area contributed by atoms with Crippen LogP contribution >= 0.6 is 0 Å². The van der Waals surface area contributed by atoms with Crippen LogP contribution in [0.1, 0.15) is 27.0 Å². The van der Waals surface area contributed by atoms with E-state index in [1.807, 2.05) is 0 Å². The number of anilines is 1. The van der Waals surface area contributed by atoms with Gasteiger partial charge in [0.15, 0.2) is 0 Å². The second-order valence-corrected chi connectivity index (χ2v) is 9.89. The highest BCUT2D eigenvalue weighted by Gasteiger charge is 2.76. The Kier molecular flexibility index (Phi) is 6.89. The van der Waals surface area contributed by atoms with E-state index in [2.05, 4.69) is 5.32 Å². The van der Waals surface area contributed by atoms with Gasteiger partial charge >= 0.3 is 5.79 Å². The number of benzene rings is 2. The highest BCUT2D eigenvalue weighted by Crippen LogP contribution is 2.42. The van der Waals surface area contributed by atoms with Crippen molar-refractivity contribution in [3.05, 3.63) is 64.5 Å². The molecule has 0 bridgehead atoms. The number of carbonyl (C=O) groups is 3. The highest BCUT2D eigenvalue weighted by molar-refractivity contribution is 6.10. The molecule has 16 heteroatoms. The van der Waals surface area contributed by atoms with Crippen LogP contribution in [0.4, 0.5) is 10.1 Å². The van der Waals surface area contributed by atoms with Crippen LogP contribution < -0.4 is 10.6 Å². The van der Waals surface area contributed by atoms with Gasteiger partial charge in [0.1, 0.15) is 5.82 Å². The summed E-state index contributed by atoms with van der Waals surface area (Å²) < 4.78 is 20.7. The highest BCUT2D eigenvalue weighted by atomic mass is 19.1. The Hall–Kier alpha value is -3.58. The van der Waals surface area contributed by atoms with Crippen LogP contribution in [-0.4, -0.2) is 107 Å². The first-order chi connectivity index (χ1) is 19.2. The lowest BCUT2D eigenvalue weighted by Crippen LogP contribution is -2.85. The molecule has 41 heavy (non-hydrogen) atoms. The zero-order valence-electron chi connectivity index (χ0n) is 21.2. The minimum Gasteiger partial charge on any atom is -0.381 e. The Labute approximate surface area is 230 Å². The summed E-state index contributed by atoms with van der Waals surface area (Å²) in [5.41, 5.74) is -3.93. The fourth-order valence-electron chi connectivity index (χ4n) is 5.12. The summed E-state index contributed by atoms with van der Waals surface area (Å²) in [6, 6.07) is 8.20. The van der Waals surface area contributed by atoms with Gasteiger partial charge in [-0.25, -0.2) is 9.29 Å². The molecular formula is C25H27FN4O11. The minimum absolute atomic E-state index is 0.0147. The van der Waals surface area contributed by atoms with Crippen molar-refractivity contribution >= 4 is 23.4 Å². The average molecular weight is 579 g/mol. The Balaban J connectivity index is 1.41. The summed E-state index contributed by atoms with van der Waals surface area (Å²) in [7, 11) is 0. The third-order valence-corrected chi connectivity index (χ3v) is 7.55. The predicted molar refractivity (Wildman–Crippen MR) is 131 cm³/mol. The fraction of sp³-hybridized carbons (Fsp3) is 0.400. The lowest BCUT2D eigenvalue weighted by Gasteiger charge is -2.50. The molecule has 3 aliphatic rings. The van der Waals surface area contributed by atoms with E-state index in [-0.39, 0.29) is 60.1 Å². The van der Waals surface area contributed by atoms with Crippen molar-refractivity contribution in [2.24, 2.45) is 0 Å². The number of rotatable bonds is 6. The summed E-state index contributed by atoms with van der Waals surface area (Å²) in [4.78, 5) is 39.0. The zero-order chi connectivity index (χ0) is 30.0. The number of nitrogens with one attached hydrogen (secondary N) is 2. The van der Waals surface area contributed by atoms with E-state index in [0.29, 0.717) is 0 Å². The topological polar surface area (TPSA) is 233 Å². The number of hydrogen-bond acceptors (Lipinski definition) is 13. The largest absolute Gasteiger partial charge is 0.381 e. The van der Waals surface area contributed by atoms with Gasteiger partial charge in [0.05, 0.1) is 25.3 Å². The SMILES string of the molecule is O=C1c2cccc(NCc3cccc(C(O)(O)N4CCOCC4)c3F)c2CN1C1(O)C(=O)NC(=O)C(O)(O)C1(O)O. The maximum atomic E-state index is 15.5. The number of nitrogens with zero attached hydrogens (tertiary/aromatic N) is 2. The maximum Gasteiger partial charge on any atom is 0.306 e. The van der Waals surface area contributed by atoms with E-state index >= 15 is 4.39 Å². The van der Waals surface area contributed by atoms with Crippen molar-refractivity contribution in [2.45, 2.75) is 36.3 Å². The molecule has 0 radical (unpaired) electrons. The molecule has 0 spiro atoms. The summed E-state index contributed by atoms with van der Waals surface area (Å²) >= 11 is 0. The number of piperidine rings is 1. The maximum absolute atomic E-state index is 15.5. The van der Waals surface area contributed by atoms with Gasteiger partial charge in [0.2, 0.25) is 0 Å². The first-order valence-corrected chi connectivity index (χ1v) is 12.4. The summed E-state index contributed by atoms with van der Waals surface area (Å²) in [6.07, 6.45) is 0. The van der Waals surface area contributed by atoms with E-state index in [1.165, 1.54) is 46.6 Å². The van der Waals surface area contributed by atoms with E-state index in [1.54, 1.807) is 0 Å². The van der Waals surface area contributed by atoms with Gasteiger partial charge in [-0.05, 0) is 18.2 Å². The smallest absolute Gasteiger partial charge is 0.306 e. The van der Waals surface area contributed by atoms with Gasteiger partial charge < -0.3 is 45.8 Å². The molecule has 15 nitrogen and oxygen atoms in total. The number of amides is 3. The molecule has 2 aromatic rings. The van der Waals surface area contributed by atoms with Crippen LogP contribution in [0.15, 0.2) is 36.4 Å². The summed E-state index contributed by atoms with van der Waals surface area (Å²) in [5.74, 6) is -16.7. The number of fused-ring (bicyclic) bond motifs is 1. The van der Waals surface area contributed by atoms with E-state index < -0.39 is 58.9 Å². The standard InChI is InChI=1S/C25H27FN4O11/c26-18-13(3-1-5-16(18)24(37,38)29-7-9-41-10-8-29)11-27-17-6-2-4-14-15(17)12-30(19(14)31)22(34)20(32)28-21(33)23(35,36)25(22,39)40/h1-6,27,34-40H,7-12H2,(H,28,32,33). The predicted octanol–water partition coefficient (Wildman–Crippen LogP) is -3.47. The molecule has 3 aliphatic heterocycles. The van der Waals surface area contributed by atoms with E-state index in [4.69, 9.17) is 4.74 Å². The number of ether oxygens (including phenoxy) is 1. The number of imide groups is 1. The molecular weight excluding hydrogens is 551 g/mol. The third-order valence-electron chi connectivity index (χ3n) is 7.55. The number of hydrogen-bond donors (Lipinski definition) is 9. The number of carbonyl (C=O) groups excluding carboxylic acids is 3. The van der Waals surface area contributed by atoms with Crippen molar-refractivity contribution in [3.8, 4) is 0 Å². The summed E-state index contributed by atoms with van der Waals surface area (Å²) in [6.45, 7) is -0.124. The van der Waals surface area contributed by atoms with Crippen LogP contribution in [0.25, 0.3) is 0 Å². The Morgan fingerprint density at radius 2 is 1.63 bits per heavy atom. The Morgan fingerprint density at radius 3 is 2.32 bits per heavy atom. The molecule has 5 rings (SSSR count). The van der Waals surface area contributed by atoms with Crippen molar-refractivity contribution in [1.29, 1.82) is 0 Å². The van der Waals surface area contributed by atoms with Crippen LogP contribution in [0.5, 0.6) is 0 Å². The molecule has 1 unspecified atom stereocenters. The first-order valence-electron chi connectivity index (χ1n) is 12.4. The lowest BCUT2D eigenvalue weighted by molar-refractivity contribution is -0.407. The molecule has 0 aliphatic carbocycles. The fourth-order valence-corrected chi connectivity index (χ4v) is 5.12. The van der Waals surface area contributed by atoms with Gasteiger partial charge in [0, 0.05) is 42.0 Å². The van der Waals surface area contributed by atoms with Gasteiger partial charge in [-0.2, -0.15) is 0 Å². The van der Waals surface area contributed by atoms with Gasteiger partial charge in [0.25, 0.3) is 35.1 Å². The second kappa shape index (κ2) is 9.76. The van der Waals surface area contributed by atoms with Gasteiger partial charge in [-0.15, -0.1) is 0 Å². The van der Waals surface area contributed by atoms with Crippen LogP contribution in [0, 0.1) is 5.82 Å². The summed E-state index contributed by atoms with van der Waals surface area (Å²) in [5, 5.41) is 77.4. The van der Waals surface area contributed by atoms with E-state index in [0.717, 1.165) is 0 Å². The molecule has 0 aromatic heterocycles. The van der Waals surface area contributed by atoms with Crippen LogP contribution in [-0.2, 0) is 33.3 Å². The average Bonchev–Trinajstić information content (AvgIpc) is 3.28. The third kappa shape index (κ3) is 4.19. The number of halogens is 1. The molecule has 9 N–H and O–H groups in total. The molecule has 220 valence electrons. The Bertz CT molecular complexity index is 1430. The normalized spacial score (nSPS) is 24.3. The van der Waals surface area contributed by atoms with Crippen molar-refractivity contribution < 1.29 is 59.3 Å². The van der Waals surface area contributed by atoms with Crippen molar-refractivity contribution in [3.63, 3.8) is 0 Å².